The molecule has 0 saturated heterocycles. The van der Waals surface area contributed by atoms with Crippen molar-refractivity contribution in [2.75, 3.05) is 0 Å². The first-order chi connectivity index (χ1) is 10.4. The van der Waals surface area contributed by atoms with Gasteiger partial charge in [-0.25, -0.2) is 0 Å². The van der Waals surface area contributed by atoms with Gasteiger partial charge < -0.3 is 0 Å². The quantitative estimate of drug-likeness (QED) is 0.656. The zero-order valence-electron chi connectivity index (χ0n) is 12.5. The van der Waals surface area contributed by atoms with Gasteiger partial charge >= 0.3 is 0 Å². The molecule has 0 amide bonds. The minimum atomic E-state index is 0.331. The van der Waals surface area contributed by atoms with E-state index in [2.05, 4.69) is 85.8 Å². The summed E-state index contributed by atoms with van der Waals surface area (Å²) < 4.78 is 0. The smallest absolute Gasteiger partial charge is 0.0315 e. The van der Waals surface area contributed by atoms with E-state index in [9.17, 15) is 0 Å². The lowest BCUT2D eigenvalue weighted by Crippen LogP contribution is -2.07. The van der Waals surface area contributed by atoms with Gasteiger partial charge in [-0.2, -0.15) is 0 Å². The van der Waals surface area contributed by atoms with Gasteiger partial charge in [-0.3, -0.25) is 0 Å². The molecule has 0 heteroatoms. The van der Waals surface area contributed by atoms with Crippen LogP contribution >= 0.6 is 0 Å². The fourth-order valence-corrected chi connectivity index (χ4v) is 3.01. The molecule has 0 unspecified atom stereocenters. The van der Waals surface area contributed by atoms with Crippen molar-refractivity contribution in [3.63, 3.8) is 0 Å². The van der Waals surface area contributed by atoms with Crippen LogP contribution in [-0.2, 0) is 0 Å². The summed E-state index contributed by atoms with van der Waals surface area (Å²) in [5.74, 6) is 1.73. The highest BCUT2D eigenvalue weighted by Crippen LogP contribution is 2.39. The third kappa shape index (κ3) is 3.16. The van der Waals surface area contributed by atoms with E-state index in [1.165, 1.54) is 29.0 Å². The maximum atomic E-state index is 2.37. The van der Waals surface area contributed by atoms with Crippen molar-refractivity contribution < 1.29 is 0 Å². The SMILES string of the molecule is CCCC1=C[C](C(c2ccccc2)c2ccccc2)C=C1. The number of rotatable bonds is 5. The van der Waals surface area contributed by atoms with Crippen LogP contribution in [0.25, 0.3) is 0 Å². The van der Waals surface area contributed by atoms with Crippen molar-refractivity contribution in [1.82, 2.24) is 0 Å². The fraction of sp³-hybridized carbons (Fsp3) is 0.190. The van der Waals surface area contributed by atoms with Gasteiger partial charge in [0.05, 0.1) is 0 Å². The monoisotopic (exact) mass is 273 g/mol. The van der Waals surface area contributed by atoms with Crippen molar-refractivity contribution in [1.29, 1.82) is 0 Å². The maximum Gasteiger partial charge on any atom is 0.0315 e. The molecule has 1 aliphatic rings. The van der Waals surface area contributed by atoms with Crippen LogP contribution in [0.1, 0.15) is 36.8 Å². The summed E-state index contributed by atoms with van der Waals surface area (Å²) in [5, 5.41) is 0. The molecule has 0 heterocycles. The molecule has 0 atom stereocenters. The van der Waals surface area contributed by atoms with Crippen LogP contribution in [-0.4, -0.2) is 0 Å². The Bertz CT molecular complexity index is 580. The van der Waals surface area contributed by atoms with E-state index in [1.807, 2.05) is 0 Å². The molecule has 0 fully saturated rings. The van der Waals surface area contributed by atoms with Gasteiger partial charge in [0, 0.05) is 11.8 Å². The van der Waals surface area contributed by atoms with Gasteiger partial charge in [-0.1, -0.05) is 97.8 Å². The van der Waals surface area contributed by atoms with E-state index in [-0.39, 0.29) is 0 Å². The molecule has 3 rings (SSSR count). The van der Waals surface area contributed by atoms with Crippen molar-refractivity contribution in [3.05, 3.63) is 102 Å². The third-order valence-electron chi connectivity index (χ3n) is 3.98. The number of benzene rings is 2. The average Bonchev–Trinajstić information content (AvgIpc) is 2.98. The van der Waals surface area contributed by atoms with Crippen LogP contribution in [0.4, 0.5) is 0 Å². The summed E-state index contributed by atoms with van der Waals surface area (Å²) in [5.41, 5.74) is 4.17. The van der Waals surface area contributed by atoms with Crippen LogP contribution in [0.5, 0.6) is 0 Å². The first-order valence-electron chi connectivity index (χ1n) is 7.74. The molecular weight excluding hydrogens is 252 g/mol. The molecular formula is C21H21. The molecule has 0 saturated carbocycles. The van der Waals surface area contributed by atoms with Crippen LogP contribution in [0.3, 0.4) is 0 Å². The molecule has 0 bridgehead atoms. The molecule has 2 aromatic rings. The molecule has 0 N–H and O–H groups in total. The molecule has 1 aliphatic carbocycles. The number of hydrogen-bond donors (Lipinski definition) is 0. The highest BCUT2D eigenvalue weighted by atomic mass is 14.3. The van der Waals surface area contributed by atoms with Crippen LogP contribution in [0.15, 0.2) is 84.5 Å². The lowest BCUT2D eigenvalue weighted by atomic mass is 9.81. The van der Waals surface area contributed by atoms with Gasteiger partial charge in [0.1, 0.15) is 0 Å². The second-order valence-electron chi connectivity index (χ2n) is 5.56. The Hall–Kier alpha value is -2.08. The molecule has 2 aromatic carbocycles. The largest absolute Gasteiger partial charge is 0.0721 e. The summed E-state index contributed by atoms with van der Waals surface area (Å²) in [6, 6.07) is 21.6. The van der Waals surface area contributed by atoms with Gasteiger partial charge in [-0.15, -0.1) is 0 Å². The van der Waals surface area contributed by atoms with Crippen LogP contribution < -0.4 is 0 Å². The van der Waals surface area contributed by atoms with Gasteiger partial charge in [0.25, 0.3) is 0 Å². The standard InChI is InChI=1S/C21H21/c1-2-9-17-14-15-20(16-17)21(18-10-5-3-6-11-18)19-12-7-4-8-13-19/h3-8,10-16,21H,2,9H2,1H3. The van der Waals surface area contributed by atoms with Gasteiger partial charge in [-0.05, 0) is 17.5 Å². The summed E-state index contributed by atoms with van der Waals surface area (Å²) in [7, 11) is 0. The molecule has 0 aromatic heterocycles. The van der Waals surface area contributed by atoms with E-state index in [1.54, 1.807) is 0 Å². The summed E-state index contributed by atoms with van der Waals surface area (Å²) >= 11 is 0. The molecule has 1 radical (unpaired) electrons. The summed E-state index contributed by atoms with van der Waals surface area (Å²) in [4.78, 5) is 0. The minimum Gasteiger partial charge on any atom is -0.0721 e. The summed E-state index contributed by atoms with van der Waals surface area (Å²) in [6.07, 6.45) is 9.29. The normalized spacial score (nSPS) is 14.7. The van der Waals surface area contributed by atoms with Gasteiger partial charge in [0.2, 0.25) is 0 Å². The van der Waals surface area contributed by atoms with E-state index >= 15 is 0 Å². The fourth-order valence-electron chi connectivity index (χ4n) is 3.01. The van der Waals surface area contributed by atoms with Crippen molar-refractivity contribution >= 4 is 0 Å². The van der Waals surface area contributed by atoms with E-state index < -0.39 is 0 Å². The Morgan fingerprint density at radius 3 is 1.86 bits per heavy atom. The second-order valence-corrected chi connectivity index (χ2v) is 5.56. The maximum absolute atomic E-state index is 2.37. The molecule has 0 nitrogen and oxygen atoms in total. The topological polar surface area (TPSA) is 0 Å². The predicted octanol–water partition coefficient (Wildman–Crippen LogP) is 5.69. The lowest BCUT2D eigenvalue weighted by Gasteiger charge is -2.22. The number of allylic oxidation sites excluding steroid dienone is 4. The van der Waals surface area contributed by atoms with Crippen molar-refractivity contribution in [3.8, 4) is 0 Å². The second kappa shape index (κ2) is 6.58. The number of hydrogen-bond acceptors (Lipinski definition) is 0. The Morgan fingerprint density at radius 2 is 1.33 bits per heavy atom. The zero-order chi connectivity index (χ0) is 14.5. The van der Waals surface area contributed by atoms with Crippen LogP contribution in [0, 0.1) is 5.92 Å². The first kappa shape index (κ1) is 13.9. The lowest BCUT2D eigenvalue weighted by molar-refractivity contribution is 0.896. The molecule has 0 aliphatic heterocycles. The van der Waals surface area contributed by atoms with Crippen molar-refractivity contribution in [2.24, 2.45) is 0 Å². The zero-order valence-corrected chi connectivity index (χ0v) is 12.5. The third-order valence-corrected chi connectivity index (χ3v) is 3.98. The van der Waals surface area contributed by atoms with Crippen LogP contribution in [0.2, 0.25) is 0 Å². The Balaban J connectivity index is 1.97. The first-order valence-corrected chi connectivity index (χ1v) is 7.74. The Labute approximate surface area is 127 Å². The Kier molecular flexibility index (Phi) is 4.35. The van der Waals surface area contributed by atoms with Gasteiger partial charge in [0.15, 0.2) is 0 Å². The van der Waals surface area contributed by atoms with E-state index in [0.29, 0.717) is 5.92 Å². The molecule has 105 valence electrons. The highest BCUT2D eigenvalue weighted by Gasteiger charge is 2.24. The predicted molar refractivity (Wildman–Crippen MR) is 90.1 cm³/mol. The average molecular weight is 273 g/mol. The van der Waals surface area contributed by atoms with E-state index in [0.717, 1.165) is 6.42 Å². The van der Waals surface area contributed by atoms with E-state index in [4.69, 9.17) is 0 Å². The molecule has 21 heavy (non-hydrogen) atoms. The molecule has 0 spiro atoms. The highest BCUT2D eigenvalue weighted by molar-refractivity contribution is 5.51. The summed E-state index contributed by atoms with van der Waals surface area (Å²) in [6.45, 7) is 2.23. The Morgan fingerprint density at radius 1 is 0.762 bits per heavy atom. The van der Waals surface area contributed by atoms with Crippen molar-refractivity contribution in [2.45, 2.75) is 25.7 Å². The minimum absolute atomic E-state index is 0.331.